The monoisotopic (exact) mass is 190 g/mol. The summed E-state index contributed by atoms with van der Waals surface area (Å²) in [5, 5.41) is 0. The van der Waals surface area contributed by atoms with Gasteiger partial charge in [0.05, 0.1) is 6.33 Å². The van der Waals surface area contributed by atoms with Crippen LogP contribution in [0.1, 0.15) is 11.3 Å². The van der Waals surface area contributed by atoms with Crippen LogP contribution in [0.4, 0.5) is 4.39 Å². The first-order valence-corrected chi connectivity index (χ1v) is 4.57. The summed E-state index contributed by atoms with van der Waals surface area (Å²) in [6.45, 7) is 0. The summed E-state index contributed by atoms with van der Waals surface area (Å²) in [5.74, 6) is -0.132. The van der Waals surface area contributed by atoms with Gasteiger partial charge in [0.1, 0.15) is 5.82 Å². The number of aromatic nitrogens is 2. The number of halogens is 1. The Balaban J connectivity index is 2.02. The lowest BCUT2D eigenvalue weighted by atomic mass is 10.1. The van der Waals surface area contributed by atoms with Crippen LogP contribution in [0.2, 0.25) is 0 Å². The molecule has 14 heavy (non-hydrogen) atoms. The number of imidazole rings is 1. The third kappa shape index (κ3) is 1.99. The molecule has 72 valence electrons. The van der Waals surface area contributed by atoms with Gasteiger partial charge in [-0.2, -0.15) is 0 Å². The highest BCUT2D eigenvalue weighted by Gasteiger charge is 2.01. The molecule has 1 heterocycles. The van der Waals surface area contributed by atoms with Gasteiger partial charge in [0.15, 0.2) is 0 Å². The summed E-state index contributed by atoms with van der Waals surface area (Å²) in [7, 11) is 0. The molecule has 0 saturated heterocycles. The Hall–Kier alpha value is -1.64. The molecule has 0 saturated carbocycles. The molecule has 0 unspecified atom stereocenters. The van der Waals surface area contributed by atoms with E-state index >= 15 is 0 Å². The Morgan fingerprint density at radius 3 is 2.79 bits per heavy atom. The number of nitrogens with one attached hydrogen (secondary N) is 1. The number of H-pyrrole nitrogens is 1. The summed E-state index contributed by atoms with van der Waals surface area (Å²) >= 11 is 0. The number of nitrogens with zero attached hydrogens (tertiary/aromatic N) is 1. The zero-order valence-electron chi connectivity index (χ0n) is 7.70. The van der Waals surface area contributed by atoms with Crippen molar-refractivity contribution in [2.75, 3.05) is 0 Å². The van der Waals surface area contributed by atoms with Gasteiger partial charge in [0.2, 0.25) is 0 Å². The van der Waals surface area contributed by atoms with Crippen molar-refractivity contribution in [3.63, 3.8) is 0 Å². The van der Waals surface area contributed by atoms with Crippen LogP contribution < -0.4 is 0 Å². The molecule has 2 nitrogen and oxygen atoms in total. The molecule has 0 bridgehead atoms. The molecule has 2 rings (SSSR count). The zero-order chi connectivity index (χ0) is 9.80. The predicted molar refractivity (Wildman–Crippen MR) is 52.4 cm³/mol. The van der Waals surface area contributed by atoms with E-state index in [0.29, 0.717) is 6.42 Å². The smallest absolute Gasteiger partial charge is 0.126 e. The third-order valence-corrected chi connectivity index (χ3v) is 2.18. The first-order chi connectivity index (χ1) is 6.86. The topological polar surface area (TPSA) is 28.7 Å². The highest BCUT2D eigenvalue weighted by atomic mass is 19.1. The average Bonchev–Trinajstić information content (AvgIpc) is 2.69. The Morgan fingerprint density at radius 2 is 2.07 bits per heavy atom. The minimum atomic E-state index is -0.132. The van der Waals surface area contributed by atoms with Gasteiger partial charge in [-0.25, -0.2) is 9.37 Å². The number of benzene rings is 1. The van der Waals surface area contributed by atoms with Crippen LogP contribution in [0.25, 0.3) is 0 Å². The second kappa shape index (κ2) is 4.05. The fraction of sp³-hybridized carbons (Fsp3) is 0.182. The van der Waals surface area contributed by atoms with Crippen molar-refractivity contribution in [2.45, 2.75) is 12.8 Å². The highest BCUT2D eigenvalue weighted by Crippen LogP contribution is 2.09. The maximum atomic E-state index is 13.2. The minimum Gasteiger partial charge on any atom is -0.348 e. The van der Waals surface area contributed by atoms with Crippen molar-refractivity contribution in [1.82, 2.24) is 9.97 Å². The first-order valence-electron chi connectivity index (χ1n) is 4.57. The Labute approximate surface area is 81.8 Å². The molecule has 0 atom stereocenters. The van der Waals surface area contributed by atoms with Crippen LogP contribution >= 0.6 is 0 Å². The molecular formula is C11H11FN2. The van der Waals surface area contributed by atoms with Crippen LogP contribution in [0.3, 0.4) is 0 Å². The molecule has 1 aromatic heterocycles. The lowest BCUT2D eigenvalue weighted by molar-refractivity contribution is 0.608. The molecule has 0 radical (unpaired) electrons. The van der Waals surface area contributed by atoms with E-state index in [-0.39, 0.29) is 5.82 Å². The number of hydrogen-bond acceptors (Lipinski definition) is 1. The van der Waals surface area contributed by atoms with E-state index < -0.39 is 0 Å². The Morgan fingerprint density at radius 1 is 1.21 bits per heavy atom. The van der Waals surface area contributed by atoms with Crippen molar-refractivity contribution >= 4 is 0 Å². The van der Waals surface area contributed by atoms with Gasteiger partial charge < -0.3 is 4.98 Å². The van der Waals surface area contributed by atoms with Crippen LogP contribution in [-0.4, -0.2) is 9.97 Å². The highest BCUT2D eigenvalue weighted by molar-refractivity contribution is 5.18. The molecule has 2 aromatic rings. The first kappa shape index (κ1) is 8.94. The second-order valence-corrected chi connectivity index (χ2v) is 3.17. The molecule has 1 aromatic carbocycles. The van der Waals surface area contributed by atoms with Gasteiger partial charge in [0, 0.05) is 11.9 Å². The van der Waals surface area contributed by atoms with Crippen molar-refractivity contribution in [2.24, 2.45) is 0 Å². The molecule has 0 aliphatic carbocycles. The van der Waals surface area contributed by atoms with E-state index in [9.17, 15) is 4.39 Å². The molecule has 0 fully saturated rings. The average molecular weight is 190 g/mol. The summed E-state index contributed by atoms with van der Waals surface area (Å²) in [6, 6.07) is 6.86. The van der Waals surface area contributed by atoms with Gasteiger partial charge in [-0.15, -0.1) is 0 Å². The van der Waals surface area contributed by atoms with Crippen LogP contribution in [0.5, 0.6) is 0 Å². The number of aromatic amines is 1. The fourth-order valence-corrected chi connectivity index (χ4v) is 1.39. The van der Waals surface area contributed by atoms with E-state index in [1.165, 1.54) is 6.07 Å². The summed E-state index contributed by atoms with van der Waals surface area (Å²) in [4.78, 5) is 6.90. The molecular weight excluding hydrogens is 179 g/mol. The van der Waals surface area contributed by atoms with Gasteiger partial charge in [-0.3, -0.25) is 0 Å². The lowest BCUT2D eigenvalue weighted by Crippen LogP contribution is -1.94. The molecule has 1 N–H and O–H groups in total. The van der Waals surface area contributed by atoms with E-state index in [1.807, 2.05) is 12.1 Å². The summed E-state index contributed by atoms with van der Waals surface area (Å²) < 4.78 is 13.2. The molecule has 0 amide bonds. The van der Waals surface area contributed by atoms with E-state index in [2.05, 4.69) is 9.97 Å². The third-order valence-electron chi connectivity index (χ3n) is 2.18. The Kier molecular flexibility index (Phi) is 2.58. The van der Waals surface area contributed by atoms with Crippen LogP contribution in [-0.2, 0) is 12.8 Å². The van der Waals surface area contributed by atoms with Gasteiger partial charge in [-0.1, -0.05) is 18.2 Å². The normalized spacial score (nSPS) is 10.4. The van der Waals surface area contributed by atoms with Crippen molar-refractivity contribution in [3.05, 3.63) is 53.9 Å². The standard InChI is InChI=1S/C11H11FN2/c12-11-4-2-1-3-9(11)5-6-10-7-13-8-14-10/h1-4,7-8H,5-6H2,(H,13,14). The molecule has 3 heteroatoms. The number of rotatable bonds is 3. The van der Waals surface area contributed by atoms with Gasteiger partial charge in [0.25, 0.3) is 0 Å². The zero-order valence-corrected chi connectivity index (χ0v) is 7.70. The molecule has 0 aliphatic heterocycles. The number of aryl methyl sites for hydroxylation is 2. The van der Waals surface area contributed by atoms with Crippen molar-refractivity contribution < 1.29 is 4.39 Å². The minimum absolute atomic E-state index is 0.132. The van der Waals surface area contributed by atoms with E-state index in [4.69, 9.17) is 0 Å². The lowest BCUT2D eigenvalue weighted by Gasteiger charge is -2.00. The largest absolute Gasteiger partial charge is 0.348 e. The second-order valence-electron chi connectivity index (χ2n) is 3.17. The Bertz CT molecular complexity index is 395. The quantitative estimate of drug-likeness (QED) is 0.790. The van der Waals surface area contributed by atoms with Crippen molar-refractivity contribution in [1.29, 1.82) is 0 Å². The maximum Gasteiger partial charge on any atom is 0.126 e. The maximum absolute atomic E-state index is 13.2. The molecule has 0 spiro atoms. The SMILES string of the molecule is Fc1ccccc1CCc1cnc[nH]1. The van der Waals surface area contributed by atoms with Crippen LogP contribution in [0.15, 0.2) is 36.8 Å². The summed E-state index contributed by atoms with van der Waals surface area (Å²) in [5.41, 5.74) is 1.79. The van der Waals surface area contributed by atoms with Gasteiger partial charge in [-0.05, 0) is 24.5 Å². The fourth-order valence-electron chi connectivity index (χ4n) is 1.39. The van der Waals surface area contributed by atoms with Crippen molar-refractivity contribution in [3.8, 4) is 0 Å². The van der Waals surface area contributed by atoms with E-state index in [1.54, 1.807) is 18.6 Å². The predicted octanol–water partition coefficient (Wildman–Crippen LogP) is 2.33. The summed E-state index contributed by atoms with van der Waals surface area (Å²) in [6.07, 6.45) is 4.90. The van der Waals surface area contributed by atoms with Gasteiger partial charge >= 0.3 is 0 Å². The van der Waals surface area contributed by atoms with Crippen LogP contribution in [0, 0.1) is 5.82 Å². The van der Waals surface area contributed by atoms with E-state index in [0.717, 1.165) is 17.7 Å². The molecule has 0 aliphatic rings. The number of hydrogen-bond donors (Lipinski definition) is 1.